The number of aliphatic imine (C=N–C) groups is 1. The Morgan fingerprint density at radius 2 is 1.88 bits per heavy atom. The van der Waals surface area contributed by atoms with E-state index in [1.807, 2.05) is 17.0 Å². The molecule has 2 saturated heterocycles. The van der Waals surface area contributed by atoms with Gasteiger partial charge in [-0.25, -0.2) is 0 Å². The zero-order valence-electron chi connectivity index (χ0n) is 19.7. The van der Waals surface area contributed by atoms with Crippen LogP contribution in [0.1, 0.15) is 25.8 Å². The summed E-state index contributed by atoms with van der Waals surface area (Å²) in [7, 11) is 0. The molecule has 2 aliphatic heterocycles. The van der Waals surface area contributed by atoms with Crippen molar-refractivity contribution in [2.24, 2.45) is 4.99 Å². The van der Waals surface area contributed by atoms with Crippen molar-refractivity contribution in [3.63, 3.8) is 0 Å². The Labute approximate surface area is 192 Å². The number of carbonyl (C=O) groups is 1. The summed E-state index contributed by atoms with van der Waals surface area (Å²) in [4.78, 5) is 23.9. The van der Waals surface area contributed by atoms with Gasteiger partial charge < -0.3 is 24.6 Å². The molecule has 8 heteroatoms. The third-order valence-electron chi connectivity index (χ3n) is 5.76. The first-order chi connectivity index (χ1) is 15.7. The molecule has 0 unspecified atom stereocenters. The second kappa shape index (κ2) is 13.3. The monoisotopic (exact) mass is 445 g/mol. The molecule has 0 radical (unpaired) electrons. The van der Waals surface area contributed by atoms with E-state index in [9.17, 15) is 4.79 Å². The van der Waals surface area contributed by atoms with Crippen molar-refractivity contribution in [1.29, 1.82) is 0 Å². The third kappa shape index (κ3) is 7.67. The predicted molar refractivity (Wildman–Crippen MR) is 127 cm³/mol. The maximum absolute atomic E-state index is 12.5. The summed E-state index contributed by atoms with van der Waals surface area (Å²) in [6, 6.07) is 8.30. The topological polar surface area (TPSA) is 69.6 Å². The van der Waals surface area contributed by atoms with Gasteiger partial charge in [0.15, 0.2) is 5.96 Å². The fourth-order valence-electron chi connectivity index (χ4n) is 3.95. The number of benzene rings is 1. The number of amides is 1. The van der Waals surface area contributed by atoms with E-state index in [1.165, 1.54) is 5.56 Å². The number of hydrogen-bond acceptors (Lipinski definition) is 5. The van der Waals surface area contributed by atoms with Crippen molar-refractivity contribution in [3.8, 4) is 5.75 Å². The molecule has 2 heterocycles. The van der Waals surface area contributed by atoms with Crippen LogP contribution in [-0.2, 0) is 16.0 Å². The maximum atomic E-state index is 12.5. The van der Waals surface area contributed by atoms with Crippen LogP contribution in [0.5, 0.6) is 5.75 Å². The van der Waals surface area contributed by atoms with Gasteiger partial charge in [-0.3, -0.25) is 14.7 Å². The van der Waals surface area contributed by atoms with Gasteiger partial charge in [-0.05, 0) is 37.5 Å². The summed E-state index contributed by atoms with van der Waals surface area (Å²) in [6.45, 7) is 13.3. The largest absolute Gasteiger partial charge is 0.494 e. The van der Waals surface area contributed by atoms with Gasteiger partial charge in [-0.15, -0.1) is 0 Å². The third-order valence-corrected chi connectivity index (χ3v) is 5.76. The van der Waals surface area contributed by atoms with Gasteiger partial charge >= 0.3 is 0 Å². The van der Waals surface area contributed by atoms with Crippen molar-refractivity contribution in [3.05, 3.63) is 29.8 Å². The van der Waals surface area contributed by atoms with E-state index in [1.54, 1.807) is 0 Å². The molecule has 0 atom stereocenters. The van der Waals surface area contributed by atoms with Crippen molar-refractivity contribution in [1.82, 2.24) is 20.0 Å². The number of guanidine groups is 1. The number of piperazine rings is 1. The molecule has 2 fully saturated rings. The zero-order valence-corrected chi connectivity index (χ0v) is 19.7. The van der Waals surface area contributed by atoms with E-state index in [4.69, 9.17) is 14.5 Å². The molecule has 3 rings (SSSR count). The molecule has 0 aliphatic carbocycles. The maximum Gasteiger partial charge on any atom is 0.236 e. The summed E-state index contributed by atoms with van der Waals surface area (Å²) in [5, 5.41) is 3.43. The lowest BCUT2D eigenvalue weighted by Gasteiger charge is -2.37. The molecule has 1 aromatic rings. The van der Waals surface area contributed by atoms with Gasteiger partial charge in [0.25, 0.3) is 0 Å². The van der Waals surface area contributed by atoms with Gasteiger partial charge in [0.2, 0.25) is 5.91 Å². The molecule has 0 aromatic heterocycles. The molecule has 32 heavy (non-hydrogen) atoms. The molecule has 1 N–H and O–H groups in total. The lowest BCUT2D eigenvalue weighted by Crippen LogP contribution is -2.55. The number of hydrogen-bond donors (Lipinski definition) is 1. The van der Waals surface area contributed by atoms with Crippen LogP contribution < -0.4 is 10.1 Å². The molecule has 2 aliphatic rings. The molecule has 0 spiro atoms. The summed E-state index contributed by atoms with van der Waals surface area (Å²) in [5.74, 6) is 2.11. The summed E-state index contributed by atoms with van der Waals surface area (Å²) in [6.07, 6.45) is 1.89. The minimum atomic E-state index is 0.215. The van der Waals surface area contributed by atoms with E-state index in [0.29, 0.717) is 32.8 Å². The van der Waals surface area contributed by atoms with Crippen LogP contribution >= 0.6 is 0 Å². The van der Waals surface area contributed by atoms with Crippen molar-refractivity contribution >= 4 is 11.9 Å². The van der Waals surface area contributed by atoms with Gasteiger partial charge in [0.1, 0.15) is 5.75 Å². The number of nitrogens with zero attached hydrogens (tertiary/aromatic N) is 4. The Hall–Kier alpha value is -2.32. The number of nitrogens with one attached hydrogen (secondary N) is 1. The van der Waals surface area contributed by atoms with Crippen LogP contribution in [-0.4, -0.2) is 105 Å². The molecular formula is C24H39N5O3. The van der Waals surface area contributed by atoms with Gasteiger partial charge in [0, 0.05) is 52.4 Å². The van der Waals surface area contributed by atoms with E-state index < -0.39 is 0 Å². The summed E-state index contributed by atoms with van der Waals surface area (Å²) >= 11 is 0. The van der Waals surface area contributed by atoms with Gasteiger partial charge in [-0.1, -0.05) is 19.1 Å². The van der Waals surface area contributed by atoms with E-state index >= 15 is 0 Å². The molecule has 1 aromatic carbocycles. The van der Waals surface area contributed by atoms with Crippen molar-refractivity contribution in [2.45, 2.75) is 26.7 Å². The normalized spacial score (nSPS) is 18.0. The highest BCUT2D eigenvalue weighted by Gasteiger charge is 2.24. The number of carbonyl (C=O) groups excluding carboxylic acids is 1. The molecule has 1 amide bonds. The van der Waals surface area contributed by atoms with Gasteiger partial charge in [0.05, 0.1) is 26.4 Å². The van der Waals surface area contributed by atoms with E-state index in [2.05, 4.69) is 41.1 Å². The summed E-state index contributed by atoms with van der Waals surface area (Å²) in [5.41, 5.74) is 1.24. The molecule has 0 saturated carbocycles. The highest BCUT2D eigenvalue weighted by atomic mass is 16.5. The first-order valence-electron chi connectivity index (χ1n) is 12.0. The Kier molecular flexibility index (Phi) is 10.1. The minimum absolute atomic E-state index is 0.215. The SMILES string of the molecule is CCCOc1cccc(CCN=C(NCC)N2CCN(CC(=O)N3CCOCC3)CC2)c1. The van der Waals surface area contributed by atoms with Crippen molar-refractivity contribution < 1.29 is 14.3 Å². The standard InChI is InChI=1S/C24H39N5O3/c1-3-16-32-22-7-5-6-21(19-22)8-9-26-24(25-4-2)29-12-10-27(11-13-29)20-23(30)28-14-17-31-18-15-28/h5-7,19H,3-4,8-18,20H2,1-2H3,(H,25,26). The first-order valence-corrected chi connectivity index (χ1v) is 12.0. The average molecular weight is 446 g/mol. The van der Waals surface area contributed by atoms with E-state index in [-0.39, 0.29) is 5.91 Å². The fourth-order valence-corrected chi connectivity index (χ4v) is 3.95. The Morgan fingerprint density at radius 3 is 2.59 bits per heavy atom. The smallest absolute Gasteiger partial charge is 0.236 e. The molecule has 178 valence electrons. The Morgan fingerprint density at radius 1 is 1.09 bits per heavy atom. The molecular weight excluding hydrogens is 406 g/mol. The van der Waals surface area contributed by atoms with Crippen molar-refractivity contribution in [2.75, 3.05) is 78.7 Å². The van der Waals surface area contributed by atoms with Gasteiger partial charge in [-0.2, -0.15) is 0 Å². The number of morpholine rings is 1. The van der Waals surface area contributed by atoms with Crippen LogP contribution in [0.3, 0.4) is 0 Å². The Balaban J connectivity index is 1.46. The summed E-state index contributed by atoms with van der Waals surface area (Å²) < 4.78 is 11.1. The number of rotatable bonds is 9. The lowest BCUT2D eigenvalue weighted by atomic mass is 10.1. The zero-order chi connectivity index (χ0) is 22.6. The predicted octanol–water partition coefficient (Wildman–Crippen LogP) is 1.46. The number of ether oxygens (including phenoxy) is 2. The van der Waals surface area contributed by atoms with Crippen LogP contribution in [0.4, 0.5) is 0 Å². The first kappa shape index (κ1) is 24.3. The minimum Gasteiger partial charge on any atom is -0.494 e. The second-order valence-electron chi connectivity index (χ2n) is 8.24. The highest BCUT2D eigenvalue weighted by molar-refractivity contribution is 5.80. The Bertz CT molecular complexity index is 728. The van der Waals surface area contributed by atoms with Crippen LogP contribution in [0, 0.1) is 0 Å². The van der Waals surface area contributed by atoms with Crippen LogP contribution in [0.15, 0.2) is 29.3 Å². The molecule has 8 nitrogen and oxygen atoms in total. The lowest BCUT2D eigenvalue weighted by molar-refractivity contribution is -0.136. The fraction of sp³-hybridized carbons (Fsp3) is 0.667. The second-order valence-corrected chi connectivity index (χ2v) is 8.24. The quantitative estimate of drug-likeness (QED) is 0.459. The highest BCUT2D eigenvalue weighted by Crippen LogP contribution is 2.14. The van der Waals surface area contributed by atoms with Crippen LogP contribution in [0.25, 0.3) is 0 Å². The molecule has 0 bridgehead atoms. The average Bonchev–Trinajstić information content (AvgIpc) is 2.83. The van der Waals surface area contributed by atoms with E-state index in [0.717, 1.165) is 70.4 Å². The van der Waals surface area contributed by atoms with Crippen LogP contribution in [0.2, 0.25) is 0 Å².